The van der Waals surface area contributed by atoms with Crippen LogP contribution in [0.3, 0.4) is 0 Å². The van der Waals surface area contributed by atoms with Crippen molar-refractivity contribution in [3.05, 3.63) is 29.2 Å². The van der Waals surface area contributed by atoms with Crippen LogP contribution in [0.25, 0.3) is 11.2 Å². The van der Waals surface area contributed by atoms with Crippen LogP contribution in [0.5, 0.6) is 0 Å². The molecule has 3 nitrogen and oxygen atoms in total. The van der Waals surface area contributed by atoms with Gasteiger partial charge < -0.3 is 0 Å². The molecule has 0 spiro atoms. The molecule has 0 N–H and O–H groups in total. The second-order valence-corrected chi connectivity index (χ2v) is 4.31. The fraction of sp³-hybridized carbons (Fsp3) is 0.364. The number of hydrogen-bond acceptors (Lipinski definition) is 3. The van der Waals surface area contributed by atoms with Gasteiger partial charge in [0.1, 0.15) is 5.52 Å². The van der Waals surface area contributed by atoms with Crippen molar-refractivity contribution in [2.45, 2.75) is 19.3 Å². The number of aromatic nitrogens is 3. The van der Waals surface area contributed by atoms with Gasteiger partial charge in [-0.05, 0) is 37.3 Å². The van der Waals surface area contributed by atoms with Crippen LogP contribution in [-0.4, -0.2) is 15.0 Å². The van der Waals surface area contributed by atoms with Gasteiger partial charge in [0.05, 0.1) is 5.69 Å². The summed E-state index contributed by atoms with van der Waals surface area (Å²) in [6.07, 6.45) is 5.25. The Hall–Kier alpha value is -1.22. The van der Waals surface area contributed by atoms with Gasteiger partial charge in [-0.15, -0.1) is 0 Å². The monoisotopic (exact) mass is 219 g/mol. The first-order valence-corrected chi connectivity index (χ1v) is 5.48. The lowest BCUT2D eigenvalue weighted by Gasteiger charge is -2.02. The maximum atomic E-state index is 6.06. The van der Waals surface area contributed by atoms with E-state index < -0.39 is 0 Å². The van der Waals surface area contributed by atoms with Crippen LogP contribution < -0.4 is 0 Å². The molecule has 1 aliphatic carbocycles. The van der Waals surface area contributed by atoms with Crippen LogP contribution in [0.4, 0.5) is 0 Å². The van der Waals surface area contributed by atoms with E-state index in [-0.39, 0.29) is 0 Å². The summed E-state index contributed by atoms with van der Waals surface area (Å²) in [5, 5.41) is 0.508. The van der Waals surface area contributed by atoms with E-state index >= 15 is 0 Å². The molecule has 1 aliphatic rings. The van der Waals surface area contributed by atoms with Gasteiger partial charge >= 0.3 is 0 Å². The topological polar surface area (TPSA) is 38.7 Å². The molecule has 0 unspecified atom stereocenters. The molecule has 76 valence electrons. The number of fused-ring (bicyclic) bond motifs is 1. The first-order chi connectivity index (χ1) is 7.33. The highest BCUT2D eigenvalue weighted by atomic mass is 35.5. The molecule has 1 fully saturated rings. The van der Waals surface area contributed by atoms with Gasteiger partial charge in [0.25, 0.3) is 0 Å². The summed E-state index contributed by atoms with van der Waals surface area (Å²) < 4.78 is 0. The summed E-state index contributed by atoms with van der Waals surface area (Å²) in [4.78, 5) is 12.9. The molecule has 0 saturated heterocycles. The molecule has 1 saturated carbocycles. The van der Waals surface area contributed by atoms with Gasteiger partial charge in [-0.3, -0.25) is 0 Å². The zero-order valence-electron chi connectivity index (χ0n) is 8.15. The summed E-state index contributed by atoms with van der Waals surface area (Å²) >= 11 is 6.06. The van der Waals surface area contributed by atoms with E-state index in [0.29, 0.717) is 10.8 Å². The van der Waals surface area contributed by atoms with Crippen molar-refractivity contribution in [2.75, 3.05) is 0 Å². The second kappa shape index (κ2) is 3.42. The molecule has 0 radical (unpaired) electrons. The van der Waals surface area contributed by atoms with Crippen LogP contribution in [0.2, 0.25) is 5.15 Å². The molecule has 2 heterocycles. The third-order valence-electron chi connectivity index (χ3n) is 2.64. The number of hydrogen-bond donors (Lipinski definition) is 0. The minimum atomic E-state index is 0.508. The van der Waals surface area contributed by atoms with E-state index in [4.69, 9.17) is 11.6 Å². The van der Waals surface area contributed by atoms with Gasteiger partial charge in [0, 0.05) is 6.20 Å². The quantitative estimate of drug-likeness (QED) is 0.780. The molecule has 0 aliphatic heterocycles. The van der Waals surface area contributed by atoms with Gasteiger partial charge in [-0.1, -0.05) is 11.6 Å². The predicted octanol–water partition coefficient (Wildman–Crippen LogP) is 2.63. The Morgan fingerprint density at radius 3 is 3.00 bits per heavy atom. The molecule has 0 aromatic carbocycles. The van der Waals surface area contributed by atoms with E-state index in [1.165, 1.54) is 12.8 Å². The number of nitrogens with zero attached hydrogens (tertiary/aromatic N) is 3. The Balaban J connectivity index is 2.08. The van der Waals surface area contributed by atoms with E-state index in [1.54, 1.807) is 6.20 Å². The number of pyridine rings is 1. The molecular formula is C11H10ClN3. The summed E-state index contributed by atoms with van der Waals surface area (Å²) in [7, 11) is 0. The highest BCUT2D eigenvalue weighted by Crippen LogP contribution is 2.33. The smallest absolute Gasteiger partial charge is 0.179 e. The lowest BCUT2D eigenvalue weighted by atomic mass is 10.2. The first-order valence-electron chi connectivity index (χ1n) is 5.10. The first kappa shape index (κ1) is 9.04. The van der Waals surface area contributed by atoms with Gasteiger partial charge in [0.15, 0.2) is 10.8 Å². The molecule has 2 aromatic heterocycles. The van der Waals surface area contributed by atoms with Crippen molar-refractivity contribution >= 4 is 22.8 Å². The van der Waals surface area contributed by atoms with Crippen molar-refractivity contribution in [1.29, 1.82) is 0 Å². The van der Waals surface area contributed by atoms with Crippen molar-refractivity contribution in [2.24, 2.45) is 5.92 Å². The minimum absolute atomic E-state index is 0.508. The van der Waals surface area contributed by atoms with Gasteiger partial charge in [0.2, 0.25) is 0 Å². The number of halogens is 1. The van der Waals surface area contributed by atoms with E-state index in [2.05, 4.69) is 15.0 Å². The predicted molar refractivity (Wildman–Crippen MR) is 58.8 cm³/mol. The Morgan fingerprint density at radius 2 is 2.20 bits per heavy atom. The third-order valence-corrected chi connectivity index (χ3v) is 2.95. The van der Waals surface area contributed by atoms with Crippen molar-refractivity contribution in [1.82, 2.24) is 15.0 Å². The summed E-state index contributed by atoms with van der Waals surface area (Å²) in [5.74, 6) is 0.769. The van der Waals surface area contributed by atoms with E-state index in [1.807, 2.05) is 12.1 Å². The molecule has 2 aromatic rings. The van der Waals surface area contributed by atoms with Crippen molar-refractivity contribution in [3.63, 3.8) is 0 Å². The summed E-state index contributed by atoms with van der Waals surface area (Å²) in [6.45, 7) is 0. The second-order valence-electron chi connectivity index (χ2n) is 3.95. The fourth-order valence-corrected chi connectivity index (χ4v) is 1.84. The average molecular weight is 220 g/mol. The number of rotatable bonds is 2. The zero-order valence-corrected chi connectivity index (χ0v) is 8.91. The molecule has 4 heteroatoms. The largest absolute Gasteiger partial charge is 0.246 e. The average Bonchev–Trinajstić information content (AvgIpc) is 3.03. The maximum Gasteiger partial charge on any atom is 0.179 e. The van der Waals surface area contributed by atoms with Crippen LogP contribution in [0.1, 0.15) is 18.5 Å². The van der Waals surface area contributed by atoms with Crippen LogP contribution in [-0.2, 0) is 6.42 Å². The summed E-state index contributed by atoms with van der Waals surface area (Å²) in [6, 6.07) is 3.79. The highest BCUT2D eigenvalue weighted by molar-refractivity contribution is 6.30. The van der Waals surface area contributed by atoms with Crippen LogP contribution >= 0.6 is 11.6 Å². The van der Waals surface area contributed by atoms with Gasteiger partial charge in [-0.25, -0.2) is 15.0 Å². The molecule has 3 rings (SSSR count). The molecular weight excluding hydrogens is 210 g/mol. The van der Waals surface area contributed by atoms with Crippen LogP contribution in [0.15, 0.2) is 18.3 Å². The maximum absolute atomic E-state index is 6.06. The molecule has 15 heavy (non-hydrogen) atoms. The van der Waals surface area contributed by atoms with E-state index in [9.17, 15) is 0 Å². The Kier molecular flexibility index (Phi) is 2.06. The summed E-state index contributed by atoms with van der Waals surface area (Å²) in [5.41, 5.74) is 2.37. The van der Waals surface area contributed by atoms with Gasteiger partial charge in [-0.2, -0.15) is 0 Å². The minimum Gasteiger partial charge on any atom is -0.246 e. The highest BCUT2D eigenvalue weighted by Gasteiger charge is 2.23. The molecule has 0 atom stereocenters. The Bertz CT molecular complexity index is 508. The van der Waals surface area contributed by atoms with E-state index in [0.717, 1.165) is 23.5 Å². The fourth-order valence-electron chi connectivity index (χ4n) is 1.64. The van der Waals surface area contributed by atoms with Crippen molar-refractivity contribution < 1.29 is 0 Å². The molecule has 0 bridgehead atoms. The van der Waals surface area contributed by atoms with Crippen LogP contribution in [0, 0.1) is 5.92 Å². The molecule has 0 amide bonds. The van der Waals surface area contributed by atoms with Crippen molar-refractivity contribution in [3.8, 4) is 0 Å². The zero-order chi connectivity index (χ0) is 10.3. The standard InChI is InChI=1S/C11H10ClN3/c12-10-9(6-7-3-4-7)14-8-2-1-5-13-11(8)15-10/h1-2,5,7H,3-4,6H2. The third kappa shape index (κ3) is 1.79. The Morgan fingerprint density at radius 1 is 1.33 bits per heavy atom. The SMILES string of the molecule is Clc1nc2ncccc2nc1CC1CC1. The lowest BCUT2D eigenvalue weighted by Crippen LogP contribution is -1.98. The lowest BCUT2D eigenvalue weighted by molar-refractivity contribution is 0.803. The Labute approximate surface area is 92.5 Å². The normalized spacial score (nSPS) is 15.8.